The molecule has 128 valence electrons. The van der Waals surface area contributed by atoms with Crippen LogP contribution in [0.5, 0.6) is 11.5 Å². The normalized spacial score (nSPS) is 13.2. The molecule has 2 heterocycles. The first-order valence-corrected chi connectivity index (χ1v) is 8.29. The van der Waals surface area contributed by atoms with Crippen molar-refractivity contribution in [2.45, 2.75) is 19.9 Å². The van der Waals surface area contributed by atoms with Gasteiger partial charge in [0.2, 0.25) is 0 Å². The highest BCUT2D eigenvalue weighted by atomic mass is 16.6. The number of hydrogen-bond donors (Lipinski definition) is 1. The number of benzene rings is 2. The first-order chi connectivity index (χ1) is 12.1. The molecule has 3 aromatic rings. The molecule has 0 aliphatic carbocycles. The molecule has 4 rings (SSSR count). The van der Waals surface area contributed by atoms with Crippen LogP contribution in [-0.2, 0) is 0 Å². The fraction of sp³-hybridized carbons (Fsp3) is 0.263. The van der Waals surface area contributed by atoms with E-state index in [1.165, 1.54) is 0 Å². The Kier molecular flexibility index (Phi) is 3.80. The van der Waals surface area contributed by atoms with E-state index in [1.807, 2.05) is 18.2 Å². The van der Waals surface area contributed by atoms with E-state index in [4.69, 9.17) is 9.47 Å². The van der Waals surface area contributed by atoms with Gasteiger partial charge in [0.05, 0.1) is 17.4 Å². The number of imidazole rings is 1. The highest BCUT2D eigenvalue weighted by Gasteiger charge is 2.14. The van der Waals surface area contributed by atoms with Crippen LogP contribution < -0.4 is 14.8 Å². The number of aromatic nitrogens is 2. The zero-order valence-corrected chi connectivity index (χ0v) is 14.2. The second-order valence-corrected chi connectivity index (χ2v) is 6.26. The van der Waals surface area contributed by atoms with Gasteiger partial charge in [-0.25, -0.2) is 4.98 Å². The zero-order chi connectivity index (χ0) is 17.4. The van der Waals surface area contributed by atoms with E-state index in [1.54, 1.807) is 24.5 Å². The lowest BCUT2D eigenvalue weighted by Crippen LogP contribution is -2.16. The number of ether oxygens (including phenoxy) is 2. The molecule has 25 heavy (non-hydrogen) atoms. The summed E-state index contributed by atoms with van der Waals surface area (Å²) < 4.78 is 13.1. The summed E-state index contributed by atoms with van der Waals surface area (Å²) in [7, 11) is 0. The molecule has 0 bridgehead atoms. The number of anilines is 1. The van der Waals surface area contributed by atoms with Crippen molar-refractivity contribution in [3.8, 4) is 11.5 Å². The van der Waals surface area contributed by atoms with Crippen LogP contribution in [0, 0.1) is 0 Å². The number of carbonyl (C=O) groups is 1. The molecule has 0 spiro atoms. The van der Waals surface area contributed by atoms with Gasteiger partial charge in [-0.1, -0.05) is 0 Å². The van der Waals surface area contributed by atoms with E-state index in [0.29, 0.717) is 42.0 Å². The van der Waals surface area contributed by atoms with Gasteiger partial charge in [-0.15, -0.1) is 0 Å². The van der Waals surface area contributed by atoms with E-state index in [9.17, 15) is 4.79 Å². The second kappa shape index (κ2) is 6.12. The summed E-state index contributed by atoms with van der Waals surface area (Å²) in [6, 6.07) is 11.3. The Balaban J connectivity index is 1.57. The number of fused-ring (bicyclic) bond motifs is 2. The third kappa shape index (κ3) is 2.91. The van der Waals surface area contributed by atoms with Crippen molar-refractivity contribution < 1.29 is 14.3 Å². The quantitative estimate of drug-likeness (QED) is 0.792. The second-order valence-electron chi connectivity index (χ2n) is 6.26. The molecular weight excluding hydrogens is 318 g/mol. The number of hydrogen-bond acceptors (Lipinski definition) is 4. The van der Waals surface area contributed by atoms with Gasteiger partial charge in [0.25, 0.3) is 5.91 Å². The molecule has 0 fully saturated rings. The van der Waals surface area contributed by atoms with Crippen molar-refractivity contribution in [2.75, 3.05) is 18.5 Å². The lowest BCUT2D eigenvalue weighted by Gasteiger charge is -2.19. The summed E-state index contributed by atoms with van der Waals surface area (Å²) >= 11 is 0. The fourth-order valence-corrected chi connectivity index (χ4v) is 2.91. The molecule has 1 aliphatic heterocycles. The number of rotatable bonds is 3. The fourth-order valence-electron chi connectivity index (χ4n) is 2.91. The largest absolute Gasteiger partial charge is 0.486 e. The summed E-state index contributed by atoms with van der Waals surface area (Å²) in [5.74, 6) is 1.16. The Hall–Kier alpha value is -3.02. The Morgan fingerprint density at radius 1 is 1.12 bits per heavy atom. The van der Waals surface area contributed by atoms with Crippen molar-refractivity contribution in [3.63, 3.8) is 0 Å². The summed E-state index contributed by atoms with van der Waals surface area (Å²) in [5, 5.41) is 2.89. The predicted molar refractivity (Wildman–Crippen MR) is 95.5 cm³/mol. The molecule has 1 aromatic heterocycles. The Bertz CT molecular complexity index is 946. The molecule has 1 amide bonds. The van der Waals surface area contributed by atoms with Crippen molar-refractivity contribution in [3.05, 3.63) is 48.3 Å². The van der Waals surface area contributed by atoms with Crippen LogP contribution in [0.15, 0.2) is 42.7 Å². The lowest BCUT2D eigenvalue weighted by atomic mass is 10.1. The molecule has 0 saturated heterocycles. The summed E-state index contributed by atoms with van der Waals surface area (Å²) in [4.78, 5) is 16.9. The smallest absolute Gasteiger partial charge is 0.255 e. The van der Waals surface area contributed by atoms with Crippen LogP contribution >= 0.6 is 0 Å². The van der Waals surface area contributed by atoms with Gasteiger partial charge in [0.1, 0.15) is 13.2 Å². The Morgan fingerprint density at radius 2 is 1.92 bits per heavy atom. The van der Waals surface area contributed by atoms with E-state index >= 15 is 0 Å². The number of carbonyl (C=O) groups excluding carboxylic acids is 1. The summed E-state index contributed by atoms with van der Waals surface area (Å²) in [6.45, 7) is 5.26. The van der Waals surface area contributed by atoms with Crippen LogP contribution in [-0.4, -0.2) is 28.7 Å². The number of nitrogens with zero attached hydrogens (tertiary/aromatic N) is 2. The van der Waals surface area contributed by atoms with Gasteiger partial charge in [-0.3, -0.25) is 4.79 Å². The molecule has 2 aromatic carbocycles. The van der Waals surface area contributed by atoms with Crippen LogP contribution in [0.1, 0.15) is 30.2 Å². The molecular formula is C19H19N3O3. The molecule has 1 aliphatic rings. The van der Waals surface area contributed by atoms with E-state index in [2.05, 4.69) is 28.7 Å². The van der Waals surface area contributed by atoms with Crippen LogP contribution in [0.4, 0.5) is 5.69 Å². The average Bonchev–Trinajstić information content (AvgIpc) is 3.05. The summed E-state index contributed by atoms with van der Waals surface area (Å²) in [5.41, 5.74) is 3.06. The molecule has 1 N–H and O–H groups in total. The average molecular weight is 337 g/mol. The Morgan fingerprint density at radius 3 is 2.72 bits per heavy atom. The zero-order valence-electron chi connectivity index (χ0n) is 14.2. The molecule has 0 atom stereocenters. The van der Waals surface area contributed by atoms with Gasteiger partial charge >= 0.3 is 0 Å². The molecule has 0 saturated carbocycles. The van der Waals surface area contributed by atoms with Gasteiger partial charge in [-0.2, -0.15) is 0 Å². The standard InChI is InChI=1S/C19H19N3O3/c1-12(2)22-11-20-15-9-13(3-5-16(15)22)19(23)21-14-4-6-17-18(10-14)25-8-7-24-17/h3-6,9-12H,7-8H2,1-2H3,(H,21,23). The SMILES string of the molecule is CC(C)n1cnc2cc(C(=O)Nc3ccc4c(c3)OCCO4)ccc21. The summed E-state index contributed by atoms with van der Waals surface area (Å²) in [6.07, 6.45) is 1.80. The number of nitrogens with one attached hydrogen (secondary N) is 1. The maximum absolute atomic E-state index is 12.5. The predicted octanol–water partition coefficient (Wildman–Crippen LogP) is 3.64. The minimum Gasteiger partial charge on any atom is -0.486 e. The maximum atomic E-state index is 12.5. The highest BCUT2D eigenvalue weighted by Crippen LogP contribution is 2.32. The van der Waals surface area contributed by atoms with Gasteiger partial charge in [0.15, 0.2) is 11.5 Å². The molecule has 6 heteroatoms. The number of amides is 1. The topological polar surface area (TPSA) is 65.4 Å². The highest BCUT2D eigenvalue weighted by molar-refractivity contribution is 6.06. The van der Waals surface area contributed by atoms with Gasteiger partial charge < -0.3 is 19.4 Å². The monoisotopic (exact) mass is 337 g/mol. The van der Waals surface area contributed by atoms with Crippen molar-refractivity contribution in [1.29, 1.82) is 0 Å². The third-order valence-electron chi connectivity index (χ3n) is 4.19. The molecule has 0 unspecified atom stereocenters. The molecule has 0 radical (unpaired) electrons. The minimum absolute atomic E-state index is 0.183. The van der Waals surface area contributed by atoms with Crippen LogP contribution in [0.3, 0.4) is 0 Å². The van der Waals surface area contributed by atoms with Crippen molar-refractivity contribution in [1.82, 2.24) is 9.55 Å². The van der Waals surface area contributed by atoms with Crippen LogP contribution in [0.25, 0.3) is 11.0 Å². The van der Waals surface area contributed by atoms with E-state index in [0.717, 1.165) is 11.0 Å². The molecule has 6 nitrogen and oxygen atoms in total. The van der Waals surface area contributed by atoms with Crippen molar-refractivity contribution >= 4 is 22.6 Å². The maximum Gasteiger partial charge on any atom is 0.255 e. The van der Waals surface area contributed by atoms with Gasteiger partial charge in [-0.05, 0) is 44.2 Å². The van der Waals surface area contributed by atoms with Gasteiger partial charge in [0, 0.05) is 23.4 Å². The minimum atomic E-state index is -0.183. The lowest BCUT2D eigenvalue weighted by molar-refractivity contribution is 0.102. The van der Waals surface area contributed by atoms with E-state index < -0.39 is 0 Å². The third-order valence-corrected chi connectivity index (χ3v) is 4.19. The Labute approximate surface area is 145 Å². The van der Waals surface area contributed by atoms with Crippen LogP contribution in [0.2, 0.25) is 0 Å². The van der Waals surface area contributed by atoms with E-state index in [-0.39, 0.29) is 5.91 Å². The van der Waals surface area contributed by atoms with Crippen molar-refractivity contribution in [2.24, 2.45) is 0 Å². The first kappa shape index (κ1) is 15.5. The first-order valence-electron chi connectivity index (χ1n) is 8.29.